The molecule has 2 saturated carbocycles. The summed E-state index contributed by atoms with van der Waals surface area (Å²) in [6.45, 7) is 5.33. The van der Waals surface area contributed by atoms with Crippen molar-refractivity contribution in [2.24, 2.45) is 5.41 Å². The van der Waals surface area contributed by atoms with Crippen molar-refractivity contribution < 1.29 is 19.4 Å². The van der Waals surface area contributed by atoms with Crippen LogP contribution in [0.25, 0.3) is 22.3 Å². The van der Waals surface area contributed by atoms with E-state index in [0.717, 1.165) is 59.3 Å². The van der Waals surface area contributed by atoms with Crippen LogP contribution in [-0.2, 0) is 11.2 Å². The van der Waals surface area contributed by atoms with E-state index in [9.17, 15) is 15.2 Å². The second kappa shape index (κ2) is 12.0. The van der Waals surface area contributed by atoms with Gasteiger partial charge in [-0.1, -0.05) is 24.3 Å². The number of amides is 1. The van der Waals surface area contributed by atoms with Gasteiger partial charge in [0.1, 0.15) is 35.6 Å². The van der Waals surface area contributed by atoms with Gasteiger partial charge in [-0.2, -0.15) is 15.5 Å². The van der Waals surface area contributed by atoms with Gasteiger partial charge in [-0.3, -0.25) is 4.79 Å². The number of nitrogen functional groups attached to an aromatic ring is 1. The molecule has 2 aromatic carbocycles. The number of fused-ring (bicyclic) bond motifs is 1. The Labute approximate surface area is 278 Å². The molecule has 48 heavy (non-hydrogen) atoms. The average Bonchev–Trinajstić information content (AvgIpc) is 3.56. The van der Waals surface area contributed by atoms with Gasteiger partial charge >= 0.3 is 0 Å². The van der Waals surface area contributed by atoms with Crippen molar-refractivity contribution in [1.29, 1.82) is 5.26 Å². The molecule has 0 bridgehead atoms. The summed E-state index contributed by atoms with van der Waals surface area (Å²) in [4.78, 5) is 12.9. The minimum atomic E-state index is -0.929. The molecule has 1 amide bonds. The fourth-order valence-corrected chi connectivity index (χ4v) is 6.98. The van der Waals surface area contributed by atoms with Gasteiger partial charge in [0.05, 0.1) is 47.4 Å². The predicted molar refractivity (Wildman–Crippen MR) is 181 cm³/mol. The van der Waals surface area contributed by atoms with Gasteiger partial charge in [0.2, 0.25) is 5.91 Å². The summed E-state index contributed by atoms with van der Waals surface area (Å²) in [5, 5.41) is 31.3. The Morgan fingerprint density at radius 3 is 2.56 bits per heavy atom. The van der Waals surface area contributed by atoms with Crippen LogP contribution >= 0.6 is 0 Å². The Kier molecular flexibility index (Phi) is 7.84. The smallest absolute Gasteiger partial charge is 0.224 e. The summed E-state index contributed by atoms with van der Waals surface area (Å²) >= 11 is 0. The molecular weight excluding hydrogens is 606 g/mol. The highest BCUT2D eigenvalue weighted by atomic mass is 16.5. The molecule has 0 saturated heterocycles. The molecular formula is C37H39N7O4. The van der Waals surface area contributed by atoms with E-state index in [1.807, 2.05) is 60.7 Å². The predicted octanol–water partition coefficient (Wildman–Crippen LogP) is 5.15. The minimum Gasteiger partial charge on any atom is -0.490 e. The van der Waals surface area contributed by atoms with E-state index in [2.05, 4.69) is 21.6 Å². The second-order valence-corrected chi connectivity index (χ2v) is 13.9. The third kappa shape index (κ3) is 6.31. The Morgan fingerprint density at radius 1 is 1.10 bits per heavy atom. The summed E-state index contributed by atoms with van der Waals surface area (Å²) < 4.78 is 15.3. The summed E-state index contributed by atoms with van der Waals surface area (Å²) in [6, 6.07) is 22.0. The largest absolute Gasteiger partial charge is 0.490 e. The Hall–Kier alpha value is -5.34. The quantitative estimate of drug-likeness (QED) is 0.189. The molecule has 4 N–H and O–H groups in total. The van der Waals surface area contributed by atoms with E-state index >= 15 is 0 Å². The molecule has 7 rings (SSSR count). The van der Waals surface area contributed by atoms with Gasteiger partial charge in [-0.25, -0.2) is 9.20 Å². The number of hydrogen-bond donors (Lipinski definition) is 3. The van der Waals surface area contributed by atoms with Crippen molar-refractivity contribution in [2.75, 3.05) is 12.3 Å². The molecule has 2 aliphatic rings. The zero-order chi connectivity index (χ0) is 33.6. The average molecular weight is 646 g/mol. The number of rotatable bonds is 10. The van der Waals surface area contributed by atoms with Gasteiger partial charge < -0.3 is 25.6 Å². The number of carbonyl (C=O) groups excluding carboxylic acids is 1. The molecule has 1 spiro atoms. The normalized spacial score (nSPS) is 20.1. The van der Waals surface area contributed by atoms with Crippen LogP contribution in [0.5, 0.6) is 11.5 Å². The fraction of sp³-hybridized carbons (Fsp3) is 0.351. The summed E-state index contributed by atoms with van der Waals surface area (Å²) in [7, 11) is 0. The van der Waals surface area contributed by atoms with E-state index in [1.54, 1.807) is 42.4 Å². The lowest BCUT2D eigenvalue weighted by atomic mass is 9.53. The van der Waals surface area contributed by atoms with Crippen LogP contribution in [0.1, 0.15) is 56.4 Å². The zero-order valence-electron chi connectivity index (χ0n) is 27.3. The number of ether oxygens (including phenoxy) is 2. The summed E-state index contributed by atoms with van der Waals surface area (Å²) in [5.41, 5.74) is 11.1. The molecule has 0 unspecified atom stereocenters. The lowest BCUT2D eigenvalue weighted by molar-refractivity contribution is -0.126. The first-order chi connectivity index (χ1) is 23.0. The fourth-order valence-electron chi connectivity index (χ4n) is 6.98. The molecule has 11 nitrogen and oxygen atoms in total. The van der Waals surface area contributed by atoms with Gasteiger partial charge in [0.25, 0.3) is 0 Å². The first kappa shape index (κ1) is 31.3. The summed E-state index contributed by atoms with van der Waals surface area (Å²) in [5.74, 6) is 1.78. The van der Waals surface area contributed by atoms with Crippen LogP contribution in [0, 0.1) is 23.7 Å². The maximum atomic E-state index is 12.9. The molecule has 0 radical (unpaired) electrons. The highest BCUT2D eigenvalue weighted by Crippen LogP contribution is 2.56. The van der Waals surface area contributed by atoms with E-state index in [1.165, 1.54) is 0 Å². The monoisotopic (exact) mass is 645 g/mol. The number of aryl methyl sites for hydroxylation is 1. The van der Waals surface area contributed by atoms with Gasteiger partial charge in [-0.15, -0.1) is 0 Å². The molecule has 3 heterocycles. The van der Waals surface area contributed by atoms with Crippen molar-refractivity contribution in [3.8, 4) is 34.4 Å². The highest BCUT2D eigenvalue weighted by Gasteiger charge is 2.54. The Balaban J connectivity index is 0.875. The maximum absolute atomic E-state index is 12.9. The summed E-state index contributed by atoms with van der Waals surface area (Å²) in [6.07, 6.45) is 7.85. The third-order valence-corrected chi connectivity index (χ3v) is 9.35. The molecule has 3 aromatic heterocycles. The number of nitrogens with one attached hydrogen (secondary N) is 1. The van der Waals surface area contributed by atoms with Crippen LogP contribution in [0.15, 0.2) is 73.1 Å². The molecule has 11 heteroatoms. The van der Waals surface area contributed by atoms with Crippen LogP contribution in [-0.4, -0.2) is 54.8 Å². The first-order valence-corrected chi connectivity index (χ1v) is 16.2. The van der Waals surface area contributed by atoms with E-state index in [-0.39, 0.29) is 36.5 Å². The van der Waals surface area contributed by atoms with Gasteiger partial charge in [0, 0.05) is 11.6 Å². The van der Waals surface area contributed by atoms with Crippen LogP contribution in [0.2, 0.25) is 0 Å². The third-order valence-electron chi connectivity index (χ3n) is 9.35. The Bertz CT molecular complexity index is 2020. The van der Waals surface area contributed by atoms with Crippen LogP contribution in [0.4, 0.5) is 5.82 Å². The molecule has 5 aromatic rings. The zero-order valence-corrected chi connectivity index (χ0v) is 27.3. The number of carbonyl (C=O) groups is 1. The standard InChI is InChI=1S/C37H39N7O4/c1-23-32(19-38)35(39)44(42-23)28-6-4-5-25(13-28)24-7-9-29(10-8-24)48-31-17-37(18-31)15-27(16-37)41-34(45)14-26-20-40-43-21-30(11-12-33(26)43)47-22-36(2,3)46/h4-13,20-21,27,31,46H,14-18,22,39H2,1-3H3,(H,41,45). The van der Waals surface area contributed by atoms with Crippen LogP contribution in [0.3, 0.4) is 0 Å². The number of nitrogens with two attached hydrogens (primary N) is 1. The highest BCUT2D eigenvalue weighted by molar-refractivity contribution is 5.81. The minimum absolute atomic E-state index is 0.0000195. The van der Waals surface area contributed by atoms with Crippen molar-refractivity contribution in [2.45, 2.75) is 70.6 Å². The van der Waals surface area contributed by atoms with E-state index in [0.29, 0.717) is 22.8 Å². The lowest BCUT2D eigenvalue weighted by Gasteiger charge is -2.57. The topological polar surface area (TPSA) is 153 Å². The van der Waals surface area contributed by atoms with E-state index in [4.69, 9.17) is 15.2 Å². The first-order valence-electron chi connectivity index (χ1n) is 16.2. The van der Waals surface area contributed by atoms with Gasteiger partial charge in [-0.05, 0) is 99.4 Å². The number of aliphatic hydroxyl groups is 1. The number of aromatic nitrogens is 4. The van der Waals surface area contributed by atoms with Crippen molar-refractivity contribution in [3.63, 3.8) is 0 Å². The maximum Gasteiger partial charge on any atom is 0.224 e. The SMILES string of the molecule is Cc1nn(-c2cccc(-c3ccc(OC4CC5(CC(NC(=O)Cc6cnn7cc(OCC(C)(C)O)ccc67)C5)C4)cc3)c2)c(N)c1C#N. The number of nitriles is 1. The molecule has 2 fully saturated rings. The molecule has 0 atom stereocenters. The van der Waals surface area contributed by atoms with Crippen molar-refractivity contribution >= 4 is 17.2 Å². The van der Waals surface area contributed by atoms with Crippen LogP contribution < -0.4 is 20.5 Å². The van der Waals surface area contributed by atoms with E-state index < -0.39 is 5.60 Å². The number of hydrogen-bond acceptors (Lipinski definition) is 8. The molecule has 0 aliphatic heterocycles. The second-order valence-electron chi connectivity index (χ2n) is 13.9. The number of anilines is 1. The van der Waals surface area contributed by atoms with Crippen molar-refractivity contribution in [3.05, 3.63) is 89.9 Å². The van der Waals surface area contributed by atoms with Crippen molar-refractivity contribution in [1.82, 2.24) is 24.7 Å². The lowest BCUT2D eigenvalue weighted by Crippen LogP contribution is -2.58. The molecule has 2 aliphatic carbocycles. The Morgan fingerprint density at radius 2 is 1.85 bits per heavy atom. The number of nitrogens with zero attached hydrogens (tertiary/aromatic N) is 5. The number of pyridine rings is 1. The van der Waals surface area contributed by atoms with Gasteiger partial charge in [0.15, 0.2) is 0 Å². The molecule has 246 valence electrons. The number of benzene rings is 2.